The number of aryl methyl sites for hydroxylation is 1. The summed E-state index contributed by atoms with van der Waals surface area (Å²) >= 11 is 0. The SMILES string of the molecule is Cc1cccc(CN2CCc3c(OCc4ccc(F)cc4)cccc3C2=O)c1. The fourth-order valence-electron chi connectivity index (χ4n) is 3.60. The van der Waals surface area contributed by atoms with Crippen LogP contribution in [-0.2, 0) is 19.6 Å². The van der Waals surface area contributed by atoms with Crippen LogP contribution in [-0.4, -0.2) is 17.4 Å². The topological polar surface area (TPSA) is 29.5 Å². The molecular formula is C24H22FNO2. The van der Waals surface area contributed by atoms with Crippen molar-refractivity contribution < 1.29 is 13.9 Å². The average Bonchev–Trinajstić information content (AvgIpc) is 2.70. The van der Waals surface area contributed by atoms with Gasteiger partial charge in [0.1, 0.15) is 18.2 Å². The zero-order valence-electron chi connectivity index (χ0n) is 15.8. The molecule has 142 valence electrons. The van der Waals surface area contributed by atoms with Crippen molar-refractivity contribution in [3.8, 4) is 5.75 Å². The molecule has 0 atom stereocenters. The summed E-state index contributed by atoms with van der Waals surface area (Å²) < 4.78 is 19.0. The summed E-state index contributed by atoms with van der Waals surface area (Å²) in [5.74, 6) is 0.500. The Morgan fingerprint density at radius 2 is 1.79 bits per heavy atom. The van der Waals surface area contributed by atoms with Gasteiger partial charge in [-0.1, -0.05) is 48.0 Å². The number of hydrogen-bond donors (Lipinski definition) is 0. The van der Waals surface area contributed by atoms with Crippen LogP contribution in [0.1, 0.15) is 32.6 Å². The molecule has 0 unspecified atom stereocenters. The highest BCUT2D eigenvalue weighted by atomic mass is 19.1. The molecule has 1 aliphatic heterocycles. The molecule has 1 amide bonds. The van der Waals surface area contributed by atoms with Crippen molar-refractivity contribution in [2.24, 2.45) is 0 Å². The molecule has 0 aromatic heterocycles. The lowest BCUT2D eigenvalue weighted by molar-refractivity contribution is 0.0725. The molecule has 0 saturated carbocycles. The molecule has 0 aliphatic carbocycles. The molecule has 0 N–H and O–H groups in total. The minimum absolute atomic E-state index is 0.0370. The lowest BCUT2D eigenvalue weighted by atomic mass is 9.97. The van der Waals surface area contributed by atoms with Crippen LogP contribution in [0.25, 0.3) is 0 Å². The van der Waals surface area contributed by atoms with Crippen molar-refractivity contribution in [3.63, 3.8) is 0 Å². The Labute approximate surface area is 164 Å². The summed E-state index contributed by atoms with van der Waals surface area (Å²) in [4.78, 5) is 14.9. The van der Waals surface area contributed by atoms with Crippen molar-refractivity contribution in [1.82, 2.24) is 4.90 Å². The standard InChI is InChI=1S/C24H22FNO2/c1-17-4-2-5-19(14-17)15-26-13-12-21-22(24(26)27)6-3-7-23(21)28-16-18-8-10-20(25)11-9-18/h2-11,14H,12-13,15-16H2,1H3. The van der Waals surface area contributed by atoms with Crippen molar-refractivity contribution in [1.29, 1.82) is 0 Å². The van der Waals surface area contributed by atoms with E-state index in [0.29, 0.717) is 25.3 Å². The molecule has 28 heavy (non-hydrogen) atoms. The van der Waals surface area contributed by atoms with Crippen LogP contribution >= 0.6 is 0 Å². The van der Waals surface area contributed by atoms with Crippen LogP contribution in [0.3, 0.4) is 0 Å². The summed E-state index contributed by atoms with van der Waals surface area (Å²) in [6.45, 7) is 3.68. The normalized spacial score (nSPS) is 13.4. The highest BCUT2D eigenvalue weighted by Crippen LogP contribution is 2.29. The number of carbonyl (C=O) groups excluding carboxylic acids is 1. The van der Waals surface area contributed by atoms with E-state index in [0.717, 1.165) is 28.9 Å². The number of nitrogens with zero attached hydrogens (tertiary/aromatic N) is 1. The first-order valence-electron chi connectivity index (χ1n) is 9.44. The molecular weight excluding hydrogens is 353 g/mol. The number of halogens is 1. The molecule has 0 radical (unpaired) electrons. The van der Waals surface area contributed by atoms with Gasteiger partial charge in [0.2, 0.25) is 0 Å². The zero-order chi connectivity index (χ0) is 19.5. The van der Waals surface area contributed by atoms with Gasteiger partial charge in [-0.25, -0.2) is 4.39 Å². The predicted molar refractivity (Wildman–Crippen MR) is 107 cm³/mol. The lowest BCUT2D eigenvalue weighted by Crippen LogP contribution is -2.37. The van der Waals surface area contributed by atoms with Gasteiger partial charge in [-0.15, -0.1) is 0 Å². The van der Waals surface area contributed by atoms with Crippen LogP contribution < -0.4 is 4.74 Å². The quantitative estimate of drug-likeness (QED) is 0.634. The second-order valence-electron chi connectivity index (χ2n) is 7.16. The number of fused-ring (bicyclic) bond motifs is 1. The molecule has 0 bridgehead atoms. The van der Waals surface area contributed by atoms with Gasteiger partial charge in [-0.05, 0) is 48.7 Å². The fraction of sp³-hybridized carbons (Fsp3) is 0.208. The summed E-state index contributed by atoms with van der Waals surface area (Å²) in [5, 5.41) is 0. The summed E-state index contributed by atoms with van der Waals surface area (Å²) in [6, 6.07) is 20.1. The Kier molecular flexibility index (Phi) is 5.11. The highest BCUT2D eigenvalue weighted by Gasteiger charge is 2.26. The second kappa shape index (κ2) is 7.85. The minimum atomic E-state index is -0.264. The molecule has 4 rings (SSSR count). The van der Waals surface area contributed by atoms with E-state index in [4.69, 9.17) is 4.74 Å². The largest absolute Gasteiger partial charge is 0.489 e. The first-order chi connectivity index (χ1) is 13.6. The fourth-order valence-corrected chi connectivity index (χ4v) is 3.60. The van der Waals surface area contributed by atoms with Crippen LogP contribution in [0, 0.1) is 12.7 Å². The lowest BCUT2D eigenvalue weighted by Gasteiger charge is -2.30. The number of benzene rings is 3. The molecule has 4 heteroatoms. The number of hydrogen-bond acceptors (Lipinski definition) is 2. The number of rotatable bonds is 5. The maximum atomic E-state index is 13.1. The van der Waals surface area contributed by atoms with Crippen molar-refractivity contribution in [2.75, 3.05) is 6.54 Å². The van der Waals surface area contributed by atoms with E-state index in [9.17, 15) is 9.18 Å². The van der Waals surface area contributed by atoms with E-state index in [2.05, 4.69) is 25.1 Å². The Hall–Kier alpha value is -3.14. The maximum absolute atomic E-state index is 13.1. The number of amides is 1. The number of ether oxygens (including phenoxy) is 1. The molecule has 1 heterocycles. The van der Waals surface area contributed by atoms with Crippen molar-refractivity contribution in [3.05, 3.63) is 100 Å². The summed E-state index contributed by atoms with van der Waals surface area (Å²) in [6.07, 6.45) is 0.756. The van der Waals surface area contributed by atoms with Gasteiger partial charge in [-0.3, -0.25) is 4.79 Å². The molecule has 0 spiro atoms. The van der Waals surface area contributed by atoms with Gasteiger partial charge in [0.25, 0.3) is 5.91 Å². The Balaban J connectivity index is 1.50. The van der Waals surface area contributed by atoms with Crippen molar-refractivity contribution >= 4 is 5.91 Å². The van der Waals surface area contributed by atoms with Crippen LogP contribution in [0.4, 0.5) is 4.39 Å². The smallest absolute Gasteiger partial charge is 0.254 e. The van der Waals surface area contributed by atoms with Gasteiger partial charge >= 0.3 is 0 Å². The average molecular weight is 375 g/mol. The van der Waals surface area contributed by atoms with Gasteiger partial charge < -0.3 is 9.64 Å². The zero-order valence-corrected chi connectivity index (χ0v) is 15.8. The van der Waals surface area contributed by atoms with E-state index in [1.807, 2.05) is 29.2 Å². The number of carbonyl (C=O) groups is 1. The maximum Gasteiger partial charge on any atom is 0.254 e. The third-order valence-electron chi connectivity index (χ3n) is 5.05. The molecule has 0 saturated heterocycles. The molecule has 3 aromatic rings. The first kappa shape index (κ1) is 18.2. The molecule has 3 nitrogen and oxygen atoms in total. The van der Waals surface area contributed by atoms with Gasteiger partial charge in [0.05, 0.1) is 0 Å². The van der Waals surface area contributed by atoms with E-state index >= 15 is 0 Å². The predicted octanol–water partition coefficient (Wildman–Crippen LogP) is 4.91. The van der Waals surface area contributed by atoms with E-state index < -0.39 is 0 Å². The molecule has 0 fully saturated rings. The highest BCUT2D eigenvalue weighted by molar-refractivity contribution is 5.97. The van der Waals surface area contributed by atoms with Gasteiger partial charge in [0.15, 0.2) is 0 Å². The third kappa shape index (κ3) is 3.91. The summed E-state index contributed by atoms with van der Waals surface area (Å²) in [7, 11) is 0. The summed E-state index contributed by atoms with van der Waals surface area (Å²) in [5.41, 5.74) is 4.88. The monoisotopic (exact) mass is 375 g/mol. The van der Waals surface area contributed by atoms with Crippen LogP contribution in [0.5, 0.6) is 5.75 Å². The van der Waals surface area contributed by atoms with Crippen LogP contribution in [0.2, 0.25) is 0 Å². The van der Waals surface area contributed by atoms with E-state index in [1.165, 1.54) is 17.7 Å². The second-order valence-corrected chi connectivity index (χ2v) is 7.16. The van der Waals surface area contributed by atoms with Crippen molar-refractivity contribution in [2.45, 2.75) is 26.5 Å². The Morgan fingerprint density at radius 3 is 2.57 bits per heavy atom. The van der Waals surface area contributed by atoms with E-state index in [1.54, 1.807) is 12.1 Å². The van der Waals surface area contributed by atoms with Crippen LogP contribution in [0.15, 0.2) is 66.7 Å². The molecule has 3 aromatic carbocycles. The Morgan fingerprint density at radius 1 is 1.00 bits per heavy atom. The van der Waals surface area contributed by atoms with E-state index in [-0.39, 0.29) is 11.7 Å². The first-order valence-corrected chi connectivity index (χ1v) is 9.44. The molecule has 1 aliphatic rings. The Bertz CT molecular complexity index is 998. The van der Waals surface area contributed by atoms with Gasteiger partial charge in [-0.2, -0.15) is 0 Å². The minimum Gasteiger partial charge on any atom is -0.489 e. The van der Waals surface area contributed by atoms with Gasteiger partial charge in [0, 0.05) is 24.2 Å². The third-order valence-corrected chi connectivity index (χ3v) is 5.05.